The number of rotatable bonds is 2. The van der Waals surface area contributed by atoms with Gasteiger partial charge in [-0.15, -0.1) is 0 Å². The molecule has 1 aliphatic rings. The maximum atomic E-state index is 3.35. The van der Waals surface area contributed by atoms with Crippen molar-refractivity contribution >= 4 is 0 Å². The molecule has 0 amide bonds. The van der Waals surface area contributed by atoms with Crippen molar-refractivity contribution in [2.45, 2.75) is 26.2 Å². The minimum Gasteiger partial charge on any atom is -0.362 e. The molecule has 1 aromatic rings. The minimum atomic E-state index is 0.998. The summed E-state index contributed by atoms with van der Waals surface area (Å²) in [6.45, 7) is 2.11. The Morgan fingerprint density at radius 3 is 2.80 bits per heavy atom. The van der Waals surface area contributed by atoms with E-state index in [1.807, 2.05) is 0 Å². The lowest BCUT2D eigenvalue weighted by Gasteiger charge is -1.91. The van der Waals surface area contributed by atoms with Gasteiger partial charge >= 0.3 is 0 Å². The fourth-order valence-corrected chi connectivity index (χ4v) is 1.31. The molecule has 0 unspecified atom stereocenters. The predicted molar refractivity (Wildman–Crippen MR) is 42.0 cm³/mol. The molecule has 1 saturated carbocycles. The lowest BCUT2D eigenvalue weighted by molar-refractivity contribution is 0.808. The Bertz CT molecular complexity index is 220. The molecule has 54 valence electrons. The van der Waals surface area contributed by atoms with Crippen LogP contribution in [-0.4, -0.2) is 4.98 Å². The summed E-state index contributed by atoms with van der Waals surface area (Å²) >= 11 is 0. The van der Waals surface area contributed by atoms with Crippen molar-refractivity contribution in [3.63, 3.8) is 0 Å². The average molecular weight is 135 g/mol. The third-order valence-corrected chi connectivity index (χ3v) is 2.10. The topological polar surface area (TPSA) is 15.8 Å². The molecule has 0 radical (unpaired) electrons. The molecule has 1 aliphatic carbocycles. The van der Waals surface area contributed by atoms with Gasteiger partial charge in [0.1, 0.15) is 0 Å². The highest BCUT2D eigenvalue weighted by molar-refractivity contribution is 5.12. The maximum Gasteiger partial charge on any atom is 0.0151 e. The van der Waals surface area contributed by atoms with Crippen molar-refractivity contribution in [2.75, 3.05) is 0 Å². The molecular formula is C9H13N. The molecule has 1 nitrogen and oxygen atoms in total. The van der Waals surface area contributed by atoms with Gasteiger partial charge in [0.15, 0.2) is 0 Å². The van der Waals surface area contributed by atoms with Crippen LogP contribution < -0.4 is 0 Å². The minimum absolute atomic E-state index is 0.998. The standard InChI is InChI=1S/C9H13N/c1-7-2-5-9(10-7)6-8-3-4-8/h2,5,8,10H,3-4,6H2,1H3. The zero-order chi connectivity index (χ0) is 6.97. The van der Waals surface area contributed by atoms with Crippen molar-refractivity contribution in [3.05, 3.63) is 23.5 Å². The van der Waals surface area contributed by atoms with Gasteiger partial charge in [0.05, 0.1) is 0 Å². The molecule has 1 aromatic heterocycles. The van der Waals surface area contributed by atoms with Crippen LogP contribution in [0.5, 0.6) is 0 Å². The van der Waals surface area contributed by atoms with Gasteiger partial charge in [0.25, 0.3) is 0 Å². The van der Waals surface area contributed by atoms with Crippen LogP contribution in [0.1, 0.15) is 24.2 Å². The molecule has 0 aromatic carbocycles. The summed E-state index contributed by atoms with van der Waals surface area (Å²) in [5.74, 6) is 0.998. The predicted octanol–water partition coefficient (Wildman–Crippen LogP) is 2.28. The van der Waals surface area contributed by atoms with Gasteiger partial charge in [-0.1, -0.05) is 0 Å². The second kappa shape index (κ2) is 2.15. The van der Waals surface area contributed by atoms with E-state index >= 15 is 0 Å². The van der Waals surface area contributed by atoms with Crippen molar-refractivity contribution in [1.29, 1.82) is 0 Å². The molecule has 10 heavy (non-hydrogen) atoms. The highest BCUT2D eigenvalue weighted by atomic mass is 14.7. The monoisotopic (exact) mass is 135 g/mol. The number of H-pyrrole nitrogens is 1. The van der Waals surface area contributed by atoms with Gasteiger partial charge in [0, 0.05) is 11.4 Å². The fraction of sp³-hybridized carbons (Fsp3) is 0.556. The Labute approximate surface area is 61.5 Å². The molecule has 2 rings (SSSR count). The summed E-state index contributed by atoms with van der Waals surface area (Å²) in [7, 11) is 0. The Morgan fingerprint density at radius 2 is 2.30 bits per heavy atom. The second-order valence-electron chi connectivity index (χ2n) is 3.31. The van der Waals surface area contributed by atoms with E-state index in [1.54, 1.807) is 0 Å². The summed E-state index contributed by atoms with van der Waals surface area (Å²) in [5, 5.41) is 0. The van der Waals surface area contributed by atoms with E-state index in [2.05, 4.69) is 24.0 Å². The van der Waals surface area contributed by atoms with Crippen LogP contribution in [0.4, 0.5) is 0 Å². The molecule has 0 bridgehead atoms. The van der Waals surface area contributed by atoms with Gasteiger partial charge in [-0.3, -0.25) is 0 Å². The van der Waals surface area contributed by atoms with Gasteiger partial charge in [-0.25, -0.2) is 0 Å². The summed E-state index contributed by atoms with van der Waals surface area (Å²) in [4.78, 5) is 3.35. The van der Waals surface area contributed by atoms with Gasteiger partial charge in [-0.05, 0) is 44.2 Å². The lowest BCUT2D eigenvalue weighted by atomic mass is 10.2. The number of nitrogens with one attached hydrogen (secondary N) is 1. The third kappa shape index (κ3) is 1.23. The normalized spacial score (nSPS) is 17.7. The number of aromatic amines is 1. The number of hydrogen-bond acceptors (Lipinski definition) is 0. The first-order valence-electron chi connectivity index (χ1n) is 3.99. The van der Waals surface area contributed by atoms with E-state index < -0.39 is 0 Å². The zero-order valence-electron chi connectivity index (χ0n) is 6.35. The SMILES string of the molecule is Cc1ccc(CC2CC2)[nH]1. The molecule has 1 N–H and O–H groups in total. The van der Waals surface area contributed by atoms with Crippen LogP contribution in [0.15, 0.2) is 12.1 Å². The van der Waals surface area contributed by atoms with Crippen LogP contribution in [0.2, 0.25) is 0 Å². The van der Waals surface area contributed by atoms with Crippen molar-refractivity contribution in [3.8, 4) is 0 Å². The number of hydrogen-bond donors (Lipinski definition) is 1. The van der Waals surface area contributed by atoms with Gasteiger partial charge in [-0.2, -0.15) is 0 Å². The molecule has 1 heteroatoms. The van der Waals surface area contributed by atoms with E-state index in [4.69, 9.17) is 0 Å². The molecule has 0 spiro atoms. The molecular weight excluding hydrogens is 122 g/mol. The van der Waals surface area contributed by atoms with E-state index in [-0.39, 0.29) is 0 Å². The molecule has 0 aliphatic heterocycles. The lowest BCUT2D eigenvalue weighted by Crippen LogP contribution is -1.85. The molecule has 0 atom stereocenters. The smallest absolute Gasteiger partial charge is 0.0151 e. The number of aromatic nitrogens is 1. The summed E-state index contributed by atoms with van der Waals surface area (Å²) in [6.07, 6.45) is 4.16. The van der Waals surface area contributed by atoms with Crippen molar-refractivity contribution in [1.82, 2.24) is 4.98 Å². The second-order valence-corrected chi connectivity index (χ2v) is 3.31. The van der Waals surface area contributed by atoms with Crippen LogP contribution in [0, 0.1) is 12.8 Å². The first-order valence-corrected chi connectivity index (χ1v) is 3.99. The van der Waals surface area contributed by atoms with Crippen LogP contribution in [0.3, 0.4) is 0 Å². The zero-order valence-corrected chi connectivity index (χ0v) is 6.35. The largest absolute Gasteiger partial charge is 0.362 e. The highest BCUT2D eigenvalue weighted by Crippen LogP contribution is 2.32. The molecule has 1 fully saturated rings. The van der Waals surface area contributed by atoms with Crippen molar-refractivity contribution in [2.24, 2.45) is 5.92 Å². The maximum absolute atomic E-state index is 3.35. The van der Waals surface area contributed by atoms with E-state index in [9.17, 15) is 0 Å². The van der Waals surface area contributed by atoms with Crippen LogP contribution in [0.25, 0.3) is 0 Å². The van der Waals surface area contributed by atoms with E-state index in [1.165, 1.54) is 30.7 Å². The number of aryl methyl sites for hydroxylation is 1. The molecule has 1 heterocycles. The Kier molecular flexibility index (Phi) is 1.30. The first kappa shape index (κ1) is 6.02. The summed E-state index contributed by atoms with van der Waals surface area (Å²) in [6, 6.07) is 4.35. The average Bonchev–Trinajstić information content (AvgIpc) is 2.59. The first-order chi connectivity index (χ1) is 4.84. The Morgan fingerprint density at radius 1 is 1.50 bits per heavy atom. The van der Waals surface area contributed by atoms with Gasteiger partial charge < -0.3 is 4.98 Å². The van der Waals surface area contributed by atoms with Crippen LogP contribution in [-0.2, 0) is 6.42 Å². The Balaban J connectivity index is 2.03. The van der Waals surface area contributed by atoms with Crippen LogP contribution >= 0.6 is 0 Å². The highest BCUT2D eigenvalue weighted by Gasteiger charge is 2.21. The summed E-state index contributed by atoms with van der Waals surface area (Å²) < 4.78 is 0. The quantitative estimate of drug-likeness (QED) is 0.640. The fourth-order valence-electron chi connectivity index (χ4n) is 1.31. The molecule has 0 saturated heterocycles. The van der Waals surface area contributed by atoms with Crippen molar-refractivity contribution < 1.29 is 0 Å². The third-order valence-electron chi connectivity index (χ3n) is 2.10. The van der Waals surface area contributed by atoms with Gasteiger partial charge in [0.2, 0.25) is 0 Å². The summed E-state index contributed by atoms with van der Waals surface area (Å²) in [5.41, 5.74) is 2.70. The van der Waals surface area contributed by atoms with E-state index in [0.29, 0.717) is 0 Å². The van der Waals surface area contributed by atoms with E-state index in [0.717, 1.165) is 5.92 Å². The Hall–Kier alpha value is -0.720.